The topological polar surface area (TPSA) is 92.5 Å². The Morgan fingerprint density at radius 3 is 2.75 bits per heavy atom. The normalized spacial score (nSPS) is 28.9. The van der Waals surface area contributed by atoms with E-state index in [1.165, 1.54) is 0 Å². The Balaban J connectivity index is 2.02. The Kier molecular flexibility index (Phi) is 2.91. The highest BCUT2D eigenvalue weighted by Gasteiger charge is 2.45. The third-order valence-electron chi connectivity index (χ3n) is 3.24. The fraction of sp³-hybridized carbons (Fsp3) is 0.700. The summed E-state index contributed by atoms with van der Waals surface area (Å²) in [5.41, 5.74) is 5.31. The van der Waals surface area contributed by atoms with Crippen LogP contribution in [0.1, 0.15) is 12.8 Å². The number of hydrogen-bond donors (Lipinski definition) is 2. The Hall–Kier alpha value is -1.43. The van der Waals surface area contributed by atoms with Crippen LogP contribution in [0.25, 0.3) is 0 Å². The van der Waals surface area contributed by atoms with Crippen LogP contribution in [0.2, 0.25) is 0 Å². The molecule has 2 rings (SSSR count). The fourth-order valence-electron chi connectivity index (χ4n) is 2.35. The molecule has 2 saturated heterocycles. The number of imide groups is 1. The molecule has 6 heteroatoms. The van der Waals surface area contributed by atoms with E-state index in [0.717, 1.165) is 0 Å². The zero-order valence-electron chi connectivity index (χ0n) is 8.94. The molecule has 0 aromatic carbocycles. The first-order valence-electron chi connectivity index (χ1n) is 5.46. The lowest BCUT2D eigenvalue weighted by atomic mass is 9.87. The predicted octanol–water partition coefficient (Wildman–Crippen LogP) is -1.54. The van der Waals surface area contributed by atoms with Gasteiger partial charge in [-0.15, -0.1) is 0 Å². The van der Waals surface area contributed by atoms with Gasteiger partial charge in [0.1, 0.15) is 0 Å². The SMILES string of the molecule is NCCC(=O)N1CCC2C(=O)NC(=O)C2C1. The van der Waals surface area contributed by atoms with E-state index in [-0.39, 0.29) is 29.6 Å². The number of nitrogens with two attached hydrogens (primary N) is 1. The number of fused-ring (bicyclic) bond motifs is 1. The first-order chi connectivity index (χ1) is 7.63. The van der Waals surface area contributed by atoms with Crippen LogP contribution in [0.5, 0.6) is 0 Å². The molecule has 0 aromatic heterocycles. The number of hydrogen-bond acceptors (Lipinski definition) is 4. The van der Waals surface area contributed by atoms with Crippen LogP contribution < -0.4 is 11.1 Å². The maximum atomic E-state index is 11.6. The van der Waals surface area contributed by atoms with Gasteiger partial charge in [-0.2, -0.15) is 0 Å². The number of amides is 3. The Bertz CT molecular complexity index is 342. The number of rotatable bonds is 2. The fourth-order valence-corrected chi connectivity index (χ4v) is 2.35. The smallest absolute Gasteiger partial charge is 0.232 e. The molecule has 88 valence electrons. The Morgan fingerprint density at radius 2 is 2.06 bits per heavy atom. The molecule has 2 atom stereocenters. The second-order valence-corrected chi connectivity index (χ2v) is 4.23. The molecule has 3 N–H and O–H groups in total. The lowest BCUT2D eigenvalue weighted by Gasteiger charge is -2.32. The maximum absolute atomic E-state index is 11.6. The van der Waals surface area contributed by atoms with Crippen molar-refractivity contribution in [2.45, 2.75) is 12.8 Å². The number of carbonyl (C=O) groups excluding carboxylic acids is 3. The monoisotopic (exact) mass is 225 g/mol. The summed E-state index contributed by atoms with van der Waals surface area (Å²) in [6, 6.07) is 0. The van der Waals surface area contributed by atoms with Gasteiger partial charge < -0.3 is 10.6 Å². The van der Waals surface area contributed by atoms with Crippen molar-refractivity contribution in [1.82, 2.24) is 10.2 Å². The summed E-state index contributed by atoms with van der Waals surface area (Å²) in [5, 5.41) is 2.31. The summed E-state index contributed by atoms with van der Waals surface area (Å²) in [4.78, 5) is 36.1. The average Bonchev–Trinajstić information content (AvgIpc) is 2.55. The van der Waals surface area contributed by atoms with Gasteiger partial charge in [0.15, 0.2) is 0 Å². The van der Waals surface area contributed by atoms with Crippen molar-refractivity contribution in [3.8, 4) is 0 Å². The van der Waals surface area contributed by atoms with E-state index < -0.39 is 0 Å². The van der Waals surface area contributed by atoms with E-state index in [0.29, 0.717) is 32.5 Å². The lowest BCUT2D eigenvalue weighted by Crippen LogP contribution is -2.45. The van der Waals surface area contributed by atoms with Gasteiger partial charge in [-0.3, -0.25) is 19.7 Å². The Morgan fingerprint density at radius 1 is 1.38 bits per heavy atom. The minimum absolute atomic E-state index is 0.0342. The molecule has 0 spiro atoms. The summed E-state index contributed by atoms with van der Waals surface area (Å²) >= 11 is 0. The van der Waals surface area contributed by atoms with Gasteiger partial charge >= 0.3 is 0 Å². The average molecular weight is 225 g/mol. The third kappa shape index (κ3) is 1.80. The number of nitrogens with one attached hydrogen (secondary N) is 1. The first-order valence-corrected chi connectivity index (χ1v) is 5.46. The molecule has 0 saturated carbocycles. The summed E-state index contributed by atoms with van der Waals surface area (Å²) in [6.07, 6.45) is 0.867. The largest absolute Gasteiger partial charge is 0.342 e. The van der Waals surface area contributed by atoms with Crippen molar-refractivity contribution in [3.63, 3.8) is 0 Å². The van der Waals surface area contributed by atoms with E-state index in [1.807, 2.05) is 0 Å². The summed E-state index contributed by atoms with van der Waals surface area (Å²) < 4.78 is 0. The molecule has 2 aliphatic heterocycles. The van der Waals surface area contributed by atoms with Gasteiger partial charge in [-0.05, 0) is 6.42 Å². The highest BCUT2D eigenvalue weighted by molar-refractivity contribution is 6.05. The number of likely N-dealkylation sites (tertiary alicyclic amines) is 1. The highest BCUT2D eigenvalue weighted by Crippen LogP contribution is 2.28. The van der Waals surface area contributed by atoms with E-state index in [1.54, 1.807) is 4.90 Å². The molecule has 16 heavy (non-hydrogen) atoms. The van der Waals surface area contributed by atoms with Crippen molar-refractivity contribution in [2.24, 2.45) is 17.6 Å². The molecule has 2 heterocycles. The first kappa shape index (κ1) is 11.1. The minimum atomic E-state index is -0.358. The molecule has 2 fully saturated rings. The maximum Gasteiger partial charge on any atom is 0.232 e. The van der Waals surface area contributed by atoms with Crippen LogP contribution in [-0.4, -0.2) is 42.3 Å². The molecular weight excluding hydrogens is 210 g/mol. The van der Waals surface area contributed by atoms with Gasteiger partial charge in [-0.25, -0.2) is 0 Å². The minimum Gasteiger partial charge on any atom is -0.342 e. The van der Waals surface area contributed by atoms with Crippen molar-refractivity contribution in [1.29, 1.82) is 0 Å². The number of nitrogens with zero attached hydrogens (tertiary/aromatic N) is 1. The molecule has 3 amide bonds. The third-order valence-corrected chi connectivity index (χ3v) is 3.24. The molecular formula is C10H15N3O3. The number of piperidine rings is 1. The van der Waals surface area contributed by atoms with Crippen LogP contribution in [-0.2, 0) is 14.4 Å². The standard InChI is InChI=1S/C10H15N3O3/c11-3-1-8(14)13-4-2-6-7(5-13)10(16)12-9(6)15/h6-7H,1-5,11H2,(H,12,15,16). The lowest BCUT2D eigenvalue weighted by molar-refractivity contribution is -0.136. The van der Waals surface area contributed by atoms with Gasteiger partial charge in [0.25, 0.3) is 0 Å². The molecule has 0 aromatic rings. The van der Waals surface area contributed by atoms with Gasteiger partial charge in [-0.1, -0.05) is 0 Å². The van der Waals surface area contributed by atoms with Crippen LogP contribution in [0, 0.1) is 11.8 Å². The molecule has 6 nitrogen and oxygen atoms in total. The van der Waals surface area contributed by atoms with Crippen LogP contribution in [0.4, 0.5) is 0 Å². The second kappa shape index (κ2) is 4.21. The second-order valence-electron chi connectivity index (χ2n) is 4.23. The van der Waals surface area contributed by atoms with Crippen LogP contribution >= 0.6 is 0 Å². The van der Waals surface area contributed by atoms with Gasteiger partial charge in [0.2, 0.25) is 17.7 Å². The molecule has 2 aliphatic rings. The summed E-state index contributed by atoms with van der Waals surface area (Å²) in [6.45, 7) is 1.20. The van der Waals surface area contributed by atoms with Crippen LogP contribution in [0.15, 0.2) is 0 Å². The van der Waals surface area contributed by atoms with Crippen molar-refractivity contribution < 1.29 is 14.4 Å². The molecule has 0 bridgehead atoms. The summed E-state index contributed by atoms with van der Waals surface area (Å²) in [5.74, 6) is -1.08. The van der Waals surface area contributed by atoms with E-state index in [9.17, 15) is 14.4 Å². The summed E-state index contributed by atoms with van der Waals surface area (Å²) in [7, 11) is 0. The quantitative estimate of drug-likeness (QED) is 0.557. The zero-order valence-corrected chi connectivity index (χ0v) is 8.94. The van der Waals surface area contributed by atoms with E-state index >= 15 is 0 Å². The van der Waals surface area contributed by atoms with Crippen LogP contribution in [0.3, 0.4) is 0 Å². The van der Waals surface area contributed by atoms with Crippen molar-refractivity contribution >= 4 is 17.7 Å². The van der Waals surface area contributed by atoms with Crippen molar-refractivity contribution in [2.75, 3.05) is 19.6 Å². The van der Waals surface area contributed by atoms with Crippen molar-refractivity contribution in [3.05, 3.63) is 0 Å². The number of carbonyl (C=O) groups is 3. The van der Waals surface area contributed by atoms with E-state index in [2.05, 4.69) is 5.32 Å². The highest BCUT2D eigenvalue weighted by atomic mass is 16.2. The predicted molar refractivity (Wildman–Crippen MR) is 55.0 cm³/mol. The van der Waals surface area contributed by atoms with Gasteiger partial charge in [0.05, 0.1) is 11.8 Å². The van der Waals surface area contributed by atoms with E-state index in [4.69, 9.17) is 5.73 Å². The molecule has 0 radical (unpaired) electrons. The Labute approximate surface area is 93.1 Å². The molecule has 0 aliphatic carbocycles. The molecule has 2 unspecified atom stereocenters. The van der Waals surface area contributed by atoms with Gasteiger partial charge in [0, 0.05) is 26.1 Å². The zero-order chi connectivity index (χ0) is 11.7.